The Balaban J connectivity index is 1.22. The van der Waals surface area contributed by atoms with Crippen LogP contribution in [0, 0.1) is 20.8 Å². The molecule has 0 spiro atoms. The minimum absolute atomic E-state index is 0.202. The Bertz CT molecular complexity index is 1080. The van der Waals surface area contributed by atoms with Crippen LogP contribution in [0.3, 0.4) is 0 Å². The van der Waals surface area contributed by atoms with Gasteiger partial charge in [0, 0.05) is 74.2 Å². The van der Waals surface area contributed by atoms with Crippen LogP contribution in [0.4, 0.5) is 11.4 Å². The van der Waals surface area contributed by atoms with E-state index in [0.717, 1.165) is 61.8 Å². The van der Waals surface area contributed by atoms with Crippen LogP contribution in [-0.4, -0.2) is 52.8 Å². The number of aromatic nitrogens is 2. The Hall–Kier alpha value is -2.99. The van der Waals surface area contributed by atoms with E-state index >= 15 is 0 Å². The van der Waals surface area contributed by atoms with Crippen LogP contribution in [0.1, 0.15) is 29.2 Å². The lowest BCUT2D eigenvalue weighted by atomic mass is 9.91. The lowest BCUT2D eigenvalue weighted by Crippen LogP contribution is -2.52. The van der Waals surface area contributed by atoms with E-state index in [1.54, 1.807) is 6.20 Å². The predicted molar refractivity (Wildman–Crippen MR) is 130 cm³/mol. The summed E-state index contributed by atoms with van der Waals surface area (Å²) in [7, 11) is 0. The van der Waals surface area contributed by atoms with Crippen molar-refractivity contribution in [2.75, 3.05) is 43.4 Å². The Morgan fingerprint density at radius 1 is 0.969 bits per heavy atom. The molecule has 6 heteroatoms. The fourth-order valence-corrected chi connectivity index (χ4v) is 5.19. The number of fused-ring (bicyclic) bond motifs is 1. The van der Waals surface area contributed by atoms with Gasteiger partial charge in [-0.05, 0) is 68.7 Å². The molecule has 2 aliphatic heterocycles. The number of anilines is 2. The summed E-state index contributed by atoms with van der Waals surface area (Å²) in [5, 5.41) is 0. The van der Waals surface area contributed by atoms with Crippen LogP contribution in [0.25, 0.3) is 5.69 Å². The topological polar surface area (TPSA) is 59.5 Å². The van der Waals surface area contributed by atoms with Crippen LogP contribution in [0.15, 0.2) is 43.0 Å². The highest BCUT2D eigenvalue weighted by Crippen LogP contribution is 2.44. The zero-order valence-corrected chi connectivity index (χ0v) is 19.6. The molecule has 32 heavy (non-hydrogen) atoms. The molecule has 0 saturated carbocycles. The van der Waals surface area contributed by atoms with Crippen molar-refractivity contribution in [3.8, 4) is 11.4 Å². The lowest BCUT2D eigenvalue weighted by Gasteiger charge is -2.39. The second-order valence-corrected chi connectivity index (χ2v) is 9.57. The van der Waals surface area contributed by atoms with Gasteiger partial charge in [-0.15, -0.1) is 0 Å². The highest BCUT2D eigenvalue weighted by molar-refractivity contribution is 5.66. The van der Waals surface area contributed by atoms with E-state index in [9.17, 15) is 0 Å². The van der Waals surface area contributed by atoms with Gasteiger partial charge in [0.05, 0.1) is 6.33 Å². The third kappa shape index (κ3) is 3.62. The minimum atomic E-state index is -0.202. The molecular formula is C26H33N5O. The number of nitrogens with two attached hydrogens (primary N) is 1. The first-order valence-corrected chi connectivity index (χ1v) is 11.5. The monoisotopic (exact) mass is 431 g/mol. The third-order valence-electron chi connectivity index (χ3n) is 7.28. The predicted octanol–water partition coefficient (Wildman–Crippen LogP) is 3.90. The smallest absolute Gasteiger partial charge is 0.127 e. The summed E-state index contributed by atoms with van der Waals surface area (Å²) in [5.41, 5.74) is 14.3. The zero-order chi connectivity index (χ0) is 22.5. The molecule has 3 heterocycles. The summed E-state index contributed by atoms with van der Waals surface area (Å²) in [6.45, 7) is 13.7. The Morgan fingerprint density at radius 3 is 2.31 bits per heavy atom. The van der Waals surface area contributed by atoms with Crippen LogP contribution in [-0.2, 0) is 6.42 Å². The normalized spacial score (nSPS) is 20.9. The molecule has 5 rings (SSSR count). The zero-order valence-electron chi connectivity index (χ0n) is 19.6. The number of hydrogen-bond acceptors (Lipinski definition) is 5. The molecule has 1 saturated heterocycles. The first kappa shape index (κ1) is 20.9. The maximum Gasteiger partial charge on any atom is 0.127 e. The third-order valence-corrected chi connectivity index (χ3v) is 7.28. The molecule has 0 radical (unpaired) electrons. The van der Waals surface area contributed by atoms with Crippen LogP contribution >= 0.6 is 0 Å². The summed E-state index contributed by atoms with van der Waals surface area (Å²) in [6, 6.07) is 8.74. The average molecular weight is 432 g/mol. The number of rotatable bonds is 4. The molecule has 0 amide bonds. The molecule has 1 atom stereocenters. The molecule has 6 nitrogen and oxygen atoms in total. The van der Waals surface area contributed by atoms with Gasteiger partial charge in [0.1, 0.15) is 11.4 Å². The first-order valence-electron chi connectivity index (χ1n) is 11.5. The van der Waals surface area contributed by atoms with Gasteiger partial charge in [-0.1, -0.05) is 0 Å². The van der Waals surface area contributed by atoms with Crippen molar-refractivity contribution in [3.63, 3.8) is 0 Å². The standard InChI is InChI=1S/C26H33N5O/c1-18-19(2)25-23(20(3)24(18)27)15-26(4,32-25)16-29-11-13-30(14-12-29)21-5-7-22(8-6-21)31-10-9-28-17-31/h5-10,17H,11-16,27H2,1-4H3. The number of piperazine rings is 1. The first-order chi connectivity index (χ1) is 15.3. The van der Waals surface area contributed by atoms with Gasteiger partial charge in [-0.25, -0.2) is 4.98 Å². The summed E-state index contributed by atoms with van der Waals surface area (Å²) < 4.78 is 8.61. The second kappa shape index (κ2) is 7.85. The molecule has 1 unspecified atom stereocenters. The summed E-state index contributed by atoms with van der Waals surface area (Å²) in [6.07, 6.45) is 6.53. The van der Waals surface area contributed by atoms with E-state index in [1.807, 2.05) is 17.1 Å². The number of nitrogen functional groups attached to an aromatic ring is 1. The second-order valence-electron chi connectivity index (χ2n) is 9.57. The molecule has 0 bridgehead atoms. The molecule has 2 aromatic carbocycles. The van der Waals surface area contributed by atoms with Crippen molar-refractivity contribution in [1.82, 2.24) is 14.5 Å². The SMILES string of the molecule is Cc1c(C)c2c(c(C)c1N)CC(C)(CN1CCN(c3ccc(-n4ccnc4)cc3)CC1)O2. The molecule has 3 aromatic rings. The maximum atomic E-state index is 6.59. The quantitative estimate of drug-likeness (QED) is 0.635. The number of hydrogen-bond donors (Lipinski definition) is 1. The Morgan fingerprint density at radius 2 is 1.66 bits per heavy atom. The molecule has 0 aliphatic carbocycles. The summed E-state index contributed by atoms with van der Waals surface area (Å²) in [5.74, 6) is 1.06. The van der Waals surface area contributed by atoms with E-state index < -0.39 is 0 Å². The van der Waals surface area contributed by atoms with E-state index in [2.05, 4.69) is 66.7 Å². The molecule has 1 aromatic heterocycles. The van der Waals surface area contributed by atoms with Gasteiger partial charge in [0.15, 0.2) is 0 Å². The van der Waals surface area contributed by atoms with Crippen molar-refractivity contribution in [3.05, 3.63) is 65.2 Å². The lowest BCUT2D eigenvalue weighted by molar-refractivity contribution is 0.0604. The molecule has 2 aliphatic rings. The van der Waals surface area contributed by atoms with Crippen molar-refractivity contribution < 1.29 is 4.74 Å². The van der Waals surface area contributed by atoms with Gasteiger partial charge in [-0.2, -0.15) is 0 Å². The van der Waals surface area contributed by atoms with Crippen molar-refractivity contribution >= 4 is 11.4 Å². The Kier molecular flexibility index (Phi) is 5.13. The molecule has 168 valence electrons. The fraction of sp³-hybridized carbons (Fsp3) is 0.423. The highest BCUT2D eigenvalue weighted by atomic mass is 16.5. The maximum absolute atomic E-state index is 6.59. The summed E-state index contributed by atoms with van der Waals surface area (Å²) >= 11 is 0. The summed E-state index contributed by atoms with van der Waals surface area (Å²) in [4.78, 5) is 9.14. The van der Waals surface area contributed by atoms with E-state index in [1.165, 1.54) is 22.4 Å². The molecular weight excluding hydrogens is 398 g/mol. The number of imidazole rings is 1. The van der Waals surface area contributed by atoms with Crippen molar-refractivity contribution in [1.29, 1.82) is 0 Å². The average Bonchev–Trinajstić information content (AvgIpc) is 3.45. The van der Waals surface area contributed by atoms with E-state index in [0.29, 0.717) is 0 Å². The van der Waals surface area contributed by atoms with Crippen LogP contribution < -0.4 is 15.4 Å². The van der Waals surface area contributed by atoms with Gasteiger partial charge >= 0.3 is 0 Å². The largest absolute Gasteiger partial charge is 0.485 e. The number of nitrogens with zero attached hydrogens (tertiary/aromatic N) is 4. The highest BCUT2D eigenvalue weighted by Gasteiger charge is 2.39. The van der Waals surface area contributed by atoms with Gasteiger partial charge in [0.25, 0.3) is 0 Å². The van der Waals surface area contributed by atoms with Gasteiger partial charge < -0.3 is 19.9 Å². The van der Waals surface area contributed by atoms with Gasteiger partial charge in [-0.3, -0.25) is 4.90 Å². The van der Waals surface area contributed by atoms with Crippen LogP contribution in [0.2, 0.25) is 0 Å². The van der Waals surface area contributed by atoms with Crippen LogP contribution in [0.5, 0.6) is 5.75 Å². The Labute approximate surface area is 190 Å². The van der Waals surface area contributed by atoms with Gasteiger partial charge in [0.2, 0.25) is 0 Å². The van der Waals surface area contributed by atoms with E-state index in [4.69, 9.17) is 10.5 Å². The fourth-order valence-electron chi connectivity index (χ4n) is 5.19. The van der Waals surface area contributed by atoms with Crippen molar-refractivity contribution in [2.45, 2.75) is 39.7 Å². The molecule has 2 N–H and O–H groups in total. The number of ether oxygens (including phenoxy) is 1. The van der Waals surface area contributed by atoms with E-state index in [-0.39, 0.29) is 5.60 Å². The number of benzene rings is 2. The molecule has 1 fully saturated rings. The van der Waals surface area contributed by atoms with Crippen molar-refractivity contribution in [2.24, 2.45) is 0 Å². The minimum Gasteiger partial charge on any atom is -0.485 e.